The Morgan fingerprint density at radius 1 is 1.25 bits per heavy atom. The van der Waals surface area contributed by atoms with Crippen LogP contribution in [0.1, 0.15) is 37.7 Å². The van der Waals surface area contributed by atoms with E-state index in [9.17, 15) is 4.79 Å². The number of fused-ring (bicyclic) bond motifs is 3. The van der Waals surface area contributed by atoms with Gasteiger partial charge in [-0.1, -0.05) is 12.5 Å². The zero-order chi connectivity index (χ0) is 16.0. The van der Waals surface area contributed by atoms with Crippen LogP contribution in [-0.4, -0.2) is 25.1 Å². The Bertz CT molecular complexity index is 607. The molecule has 1 aromatic carbocycles. The molecular formula is C19H27ClN2O2. The quantitative estimate of drug-likeness (QED) is 0.845. The lowest BCUT2D eigenvalue weighted by Crippen LogP contribution is -2.50. The summed E-state index contributed by atoms with van der Waals surface area (Å²) < 4.78 is 5.75. The molecule has 2 atom stereocenters. The van der Waals surface area contributed by atoms with E-state index in [0.717, 1.165) is 29.8 Å². The highest BCUT2D eigenvalue weighted by Gasteiger charge is 2.42. The second-order valence-electron chi connectivity index (χ2n) is 7.51. The van der Waals surface area contributed by atoms with Gasteiger partial charge in [0, 0.05) is 12.0 Å². The van der Waals surface area contributed by atoms with E-state index in [0.29, 0.717) is 31.0 Å². The van der Waals surface area contributed by atoms with E-state index in [-0.39, 0.29) is 24.2 Å². The maximum atomic E-state index is 13.2. The summed E-state index contributed by atoms with van der Waals surface area (Å²) in [6.45, 7) is 3.29. The lowest BCUT2D eigenvalue weighted by atomic mass is 9.65. The second-order valence-corrected chi connectivity index (χ2v) is 7.51. The van der Waals surface area contributed by atoms with Crippen LogP contribution < -0.4 is 15.4 Å². The van der Waals surface area contributed by atoms with Gasteiger partial charge in [-0.25, -0.2) is 0 Å². The molecule has 2 aliphatic carbocycles. The number of hydrogen-bond donors (Lipinski definition) is 1. The molecule has 132 valence electrons. The Labute approximate surface area is 150 Å². The predicted octanol–water partition coefficient (Wildman–Crippen LogP) is 3.30. The third-order valence-corrected chi connectivity index (χ3v) is 6.01. The van der Waals surface area contributed by atoms with Gasteiger partial charge in [-0.2, -0.15) is 0 Å². The van der Waals surface area contributed by atoms with Crippen molar-refractivity contribution in [2.45, 2.75) is 45.1 Å². The maximum Gasteiger partial charge on any atom is 0.230 e. The fourth-order valence-electron chi connectivity index (χ4n) is 4.77. The van der Waals surface area contributed by atoms with Gasteiger partial charge in [0.2, 0.25) is 5.91 Å². The number of carbonyl (C=O) groups excluding carboxylic acids is 1. The molecule has 0 saturated heterocycles. The van der Waals surface area contributed by atoms with Gasteiger partial charge in [0.05, 0.1) is 12.2 Å². The van der Waals surface area contributed by atoms with Crippen LogP contribution in [0.4, 0.5) is 5.69 Å². The largest absolute Gasteiger partial charge is 0.490 e. The van der Waals surface area contributed by atoms with Crippen molar-refractivity contribution >= 4 is 24.0 Å². The van der Waals surface area contributed by atoms with E-state index in [1.54, 1.807) is 0 Å². The molecule has 24 heavy (non-hydrogen) atoms. The summed E-state index contributed by atoms with van der Waals surface area (Å²) >= 11 is 0. The summed E-state index contributed by atoms with van der Waals surface area (Å²) in [4.78, 5) is 15.1. The van der Waals surface area contributed by atoms with Crippen molar-refractivity contribution in [1.29, 1.82) is 0 Å². The van der Waals surface area contributed by atoms with Gasteiger partial charge in [0.15, 0.2) is 0 Å². The lowest BCUT2D eigenvalue weighted by Gasteiger charge is -2.45. The molecule has 1 heterocycles. The average molecular weight is 351 g/mol. The first-order chi connectivity index (χ1) is 11.1. The number of benzene rings is 1. The van der Waals surface area contributed by atoms with Crippen LogP contribution in [0, 0.1) is 24.7 Å². The molecule has 0 spiro atoms. The van der Waals surface area contributed by atoms with Gasteiger partial charge in [0.1, 0.15) is 12.4 Å². The molecule has 2 saturated carbocycles. The number of carbonyl (C=O) groups is 1. The summed E-state index contributed by atoms with van der Waals surface area (Å²) in [5, 5.41) is 0. The molecule has 1 amide bonds. The van der Waals surface area contributed by atoms with E-state index < -0.39 is 0 Å². The van der Waals surface area contributed by atoms with Crippen LogP contribution in [-0.2, 0) is 4.79 Å². The highest BCUT2D eigenvalue weighted by atomic mass is 35.5. The number of aryl methyl sites for hydroxylation is 1. The summed E-state index contributed by atoms with van der Waals surface area (Å²) in [5.41, 5.74) is 8.47. The highest BCUT2D eigenvalue weighted by molar-refractivity contribution is 5.97. The fraction of sp³-hybridized carbons (Fsp3) is 0.632. The third kappa shape index (κ3) is 3.02. The van der Waals surface area contributed by atoms with Gasteiger partial charge >= 0.3 is 0 Å². The third-order valence-electron chi connectivity index (χ3n) is 6.01. The lowest BCUT2D eigenvalue weighted by molar-refractivity contribution is -0.125. The van der Waals surface area contributed by atoms with Gasteiger partial charge in [-0.3, -0.25) is 4.79 Å². The van der Waals surface area contributed by atoms with Crippen molar-refractivity contribution < 1.29 is 9.53 Å². The van der Waals surface area contributed by atoms with Crippen LogP contribution in [0.25, 0.3) is 0 Å². The minimum Gasteiger partial charge on any atom is -0.490 e. The van der Waals surface area contributed by atoms with Crippen LogP contribution >= 0.6 is 12.4 Å². The second kappa shape index (κ2) is 6.93. The van der Waals surface area contributed by atoms with Crippen molar-refractivity contribution in [3.63, 3.8) is 0 Å². The molecule has 1 aliphatic heterocycles. The zero-order valence-electron chi connectivity index (χ0n) is 14.2. The van der Waals surface area contributed by atoms with Gasteiger partial charge in [-0.05, 0) is 62.1 Å². The van der Waals surface area contributed by atoms with E-state index in [1.807, 2.05) is 24.0 Å². The number of hydrogen-bond acceptors (Lipinski definition) is 3. The van der Waals surface area contributed by atoms with E-state index in [2.05, 4.69) is 6.07 Å². The molecule has 1 aromatic rings. The van der Waals surface area contributed by atoms with Crippen molar-refractivity contribution in [1.82, 2.24) is 0 Å². The van der Waals surface area contributed by atoms with Crippen LogP contribution in [0.2, 0.25) is 0 Å². The Kier molecular flexibility index (Phi) is 5.07. The molecule has 2 fully saturated rings. The Morgan fingerprint density at radius 2 is 1.96 bits per heavy atom. The van der Waals surface area contributed by atoms with Crippen molar-refractivity contribution in [2.75, 3.05) is 18.1 Å². The summed E-state index contributed by atoms with van der Waals surface area (Å²) in [7, 11) is 0. The molecule has 5 heteroatoms. The maximum absolute atomic E-state index is 13.2. The van der Waals surface area contributed by atoms with Gasteiger partial charge in [-0.15, -0.1) is 12.4 Å². The fourth-order valence-corrected chi connectivity index (χ4v) is 4.77. The molecule has 0 aromatic heterocycles. The molecule has 4 nitrogen and oxygen atoms in total. The number of halogens is 1. The van der Waals surface area contributed by atoms with Crippen LogP contribution in [0.5, 0.6) is 5.75 Å². The number of amides is 1. The molecule has 2 unspecified atom stereocenters. The van der Waals surface area contributed by atoms with E-state index in [4.69, 9.17) is 10.5 Å². The van der Waals surface area contributed by atoms with Crippen molar-refractivity contribution in [3.05, 3.63) is 23.8 Å². The first kappa shape index (κ1) is 17.6. The predicted molar refractivity (Wildman–Crippen MR) is 97.8 cm³/mol. The number of nitrogens with two attached hydrogens (primary N) is 1. The standard InChI is InChI=1S/C19H26N2O2.ClH/c1-12-5-6-16-17(9-12)23-8-7-21(16)19(22)15-10-13-3-2-4-14(11-15)18(13)20;/h5-6,9,13-15,18H,2-4,7-8,10-11,20H2,1H3;1H. The van der Waals surface area contributed by atoms with Gasteiger partial charge < -0.3 is 15.4 Å². The zero-order valence-corrected chi connectivity index (χ0v) is 15.1. The number of rotatable bonds is 1. The van der Waals surface area contributed by atoms with Crippen LogP contribution in [0.3, 0.4) is 0 Å². The number of ether oxygens (including phenoxy) is 1. The molecule has 0 radical (unpaired) electrons. The summed E-state index contributed by atoms with van der Waals surface area (Å²) in [5.74, 6) is 2.34. The minimum atomic E-state index is 0. The number of nitrogens with zero attached hydrogens (tertiary/aromatic N) is 1. The van der Waals surface area contributed by atoms with Crippen LogP contribution in [0.15, 0.2) is 18.2 Å². The summed E-state index contributed by atoms with van der Waals surface area (Å²) in [6.07, 6.45) is 5.61. The summed E-state index contributed by atoms with van der Waals surface area (Å²) in [6, 6.07) is 6.42. The monoisotopic (exact) mass is 350 g/mol. The first-order valence-corrected chi connectivity index (χ1v) is 8.94. The van der Waals surface area contributed by atoms with Crippen molar-refractivity contribution in [3.8, 4) is 5.75 Å². The Balaban J connectivity index is 0.00000169. The average Bonchev–Trinajstić information content (AvgIpc) is 2.53. The van der Waals surface area contributed by atoms with E-state index >= 15 is 0 Å². The Hall–Kier alpha value is -1.26. The highest BCUT2D eigenvalue weighted by Crippen LogP contribution is 2.43. The topological polar surface area (TPSA) is 55.6 Å². The normalized spacial score (nSPS) is 31.5. The molecule has 3 aliphatic rings. The first-order valence-electron chi connectivity index (χ1n) is 8.94. The van der Waals surface area contributed by atoms with Crippen molar-refractivity contribution in [2.24, 2.45) is 23.5 Å². The van der Waals surface area contributed by atoms with Gasteiger partial charge in [0.25, 0.3) is 0 Å². The molecule has 2 bridgehead atoms. The minimum absolute atomic E-state index is 0. The smallest absolute Gasteiger partial charge is 0.230 e. The molecule has 2 N–H and O–H groups in total. The number of anilines is 1. The molecular weight excluding hydrogens is 324 g/mol. The Morgan fingerprint density at radius 3 is 2.67 bits per heavy atom. The van der Waals surface area contributed by atoms with E-state index in [1.165, 1.54) is 19.3 Å². The molecule has 4 rings (SSSR count). The SMILES string of the molecule is Cc1ccc2c(c1)OCCN2C(=O)C1CC2CCCC(C1)C2N.Cl.